The monoisotopic (exact) mass is 304 g/mol. The zero-order valence-corrected chi connectivity index (χ0v) is 12.3. The van der Waals surface area contributed by atoms with Crippen LogP contribution in [0.1, 0.15) is 42.5 Å². The minimum Gasteiger partial charge on any atom is -0.481 e. The van der Waals surface area contributed by atoms with E-state index in [1.54, 1.807) is 0 Å². The standard InChI is InChI=1S/C15H16N2O3S/c18-14(19)8-4-3-7-13-16-17-15(20-13)11-9-21-12-6-2-1-5-10(11)12/h1-2,5-6,11H,3-4,7-9H2,(H,18,19). The van der Waals surface area contributed by atoms with Crippen molar-refractivity contribution in [1.29, 1.82) is 0 Å². The van der Waals surface area contributed by atoms with Crippen molar-refractivity contribution in [2.75, 3.05) is 5.75 Å². The minimum atomic E-state index is -0.763. The second-order valence-electron chi connectivity index (χ2n) is 5.04. The molecule has 6 heteroatoms. The summed E-state index contributed by atoms with van der Waals surface area (Å²) >= 11 is 1.81. The fourth-order valence-corrected chi connectivity index (χ4v) is 3.65. The second kappa shape index (κ2) is 6.30. The van der Waals surface area contributed by atoms with E-state index < -0.39 is 5.97 Å². The first-order chi connectivity index (χ1) is 10.2. The number of fused-ring (bicyclic) bond motifs is 1. The van der Waals surface area contributed by atoms with Gasteiger partial charge in [0.1, 0.15) is 0 Å². The number of carboxylic acids is 1. The lowest BCUT2D eigenvalue weighted by atomic mass is 10.0. The molecule has 3 rings (SSSR count). The largest absolute Gasteiger partial charge is 0.481 e. The summed E-state index contributed by atoms with van der Waals surface area (Å²) in [6.45, 7) is 0. The van der Waals surface area contributed by atoms with Crippen LogP contribution >= 0.6 is 11.8 Å². The van der Waals surface area contributed by atoms with Gasteiger partial charge in [-0.3, -0.25) is 4.79 Å². The predicted molar refractivity (Wildman–Crippen MR) is 78.5 cm³/mol. The number of aliphatic carboxylic acids is 1. The van der Waals surface area contributed by atoms with Crippen LogP contribution < -0.4 is 0 Å². The minimum absolute atomic E-state index is 0.173. The Morgan fingerprint density at radius 2 is 2.19 bits per heavy atom. The highest BCUT2D eigenvalue weighted by atomic mass is 32.2. The molecule has 1 aromatic heterocycles. The molecular formula is C15H16N2O3S. The molecule has 0 radical (unpaired) electrons. The van der Waals surface area contributed by atoms with E-state index in [4.69, 9.17) is 9.52 Å². The van der Waals surface area contributed by atoms with Gasteiger partial charge in [0.2, 0.25) is 11.8 Å². The predicted octanol–water partition coefficient (Wildman–Crippen LogP) is 3.10. The number of carbonyl (C=O) groups is 1. The molecule has 0 spiro atoms. The number of hydrogen-bond donors (Lipinski definition) is 1. The maximum atomic E-state index is 10.5. The molecule has 0 aliphatic carbocycles. The quantitative estimate of drug-likeness (QED) is 0.826. The lowest BCUT2D eigenvalue weighted by molar-refractivity contribution is -0.137. The number of thioether (sulfide) groups is 1. The van der Waals surface area contributed by atoms with Gasteiger partial charge >= 0.3 is 5.97 Å². The zero-order chi connectivity index (χ0) is 14.7. The number of aryl methyl sites for hydroxylation is 1. The fourth-order valence-electron chi connectivity index (χ4n) is 2.43. The summed E-state index contributed by atoms with van der Waals surface area (Å²) in [7, 11) is 0. The summed E-state index contributed by atoms with van der Waals surface area (Å²) in [4.78, 5) is 11.7. The van der Waals surface area contributed by atoms with Crippen LogP contribution in [0.5, 0.6) is 0 Å². The van der Waals surface area contributed by atoms with Gasteiger partial charge in [0.25, 0.3) is 0 Å². The number of benzene rings is 1. The number of hydrogen-bond acceptors (Lipinski definition) is 5. The second-order valence-corrected chi connectivity index (χ2v) is 6.10. The summed E-state index contributed by atoms with van der Waals surface area (Å²) in [5, 5.41) is 16.8. The number of carboxylic acid groups (broad SMARTS) is 1. The Hall–Kier alpha value is -1.82. The van der Waals surface area contributed by atoms with Gasteiger partial charge in [-0.15, -0.1) is 22.0 Å². The van der Waals surface area contributed by atoms with E-state index in [9.17, 15) is 4.79 Å². The van der Waals surface area contributed by atoms with E-state index in [0.717, 1.165) is 12.2 Å². The maximum Gasteiger partial charge on any atom is 0.303 e. The molecule has 1 aliphatic heterocycles. The first kappa shape index (κ1) is 14.1. The van der Waals surface area contributed by atoms with Crippen LogP contribution in [0.15, 0.2) is 33.6 Å². The normalized spacial score (nSPS) is 16.9. The topological polar surface area (TPSA) is 76.2 Å². The lowest BCUT2D eigenvalue weighted by Gasteiger charge is -2.04. The number of nitrogens with zero attached hydrogens (tertiary/aromatic N) is 2. The molecule has 2 heterocycles. The van der Waals surface area contributed by atoms with Gasteiger partial charge < -0.3 is 9.52 Å². The number of aromatic nitrogens is 2. The van der Waals surface area contributed by atoms with Gasteiger partial charge in [-0.2, -0.15) is 0 Å². The van der Waals surface area contributed by atoms with Crippen molar-refractivity contribution in [1.82, 2.24) is 10.2 Å². The highest BCUT2D eigenvalue weighted by Gasteiger charge is 2.28. The van der Waals surface area contributed by atoms with Gasteiger partial charge in [-0.25, -0.2) is 0 Å². The molecule has 2 aromatic rings. The SMILES string of the molecule is O=C(O)CCCCc1nnc(C2CSc3ccccc32)o1. The number of rotatable bonds is 6. The first-order valence-corrected chi connectivity index (χ1v) is 7.98. The van der Waals surface area contributed by atoms with E-state index in [-0.39, 0.29) is 12.3 Å². The zero-order valence-electron chi connectivity index (χ0n) is 11.5. The summed E-state index contributed by atoms with van der Waals surface area (Å²) in [6.07, 6.45) is 2.22. The van der Waals surface area contributed by atoms with Crippen LogP contribution in [-0.4, -0.2) is 27.0 Å². The Labute approximate surface area is 126 Å². The molecule has 0 amide bonds. The molecule has 1 aliphatic rings. The molecule has 0 saturated carbocycles. The molecule has 5 nitrogen and oxygen atoms in total. The summed E-state index contributed by atoms with van der Waals surface area (Å²) < 4.78 is 5.75. The third-order valence-corrected chi connectivity index (χ3v) is 4.69. The van der Waals surface area contributed by atoms with Gasteiger partial charge in [0.05, 0.1) is 5.92 Å². The van der Waals surface area contributed by atoms with Crippen LogP contribution in [0.3, 0.4) is 0 Å². The highest BCUT2D eigenvalue weighted by molar-refractivity contribution is 7.99. The lowest BCUT2D eigenvalue weighted by Crippen LogP contribution is -1.99. The van der Waals surface area contributed by atoms with Crippen molar-refractivity contribution in [3.63, 3.8) is 0 Å². The maximum absolute atomic E-state index is 10.5. The van der Waals surface area contributed by atoms with Crippen LogP contribution in [-0.2, 0) is 11.2 Å². The molecule has 1 atom stereocenters. The Morgan fingerprint density at radius 3 is 3.05 bits per heavy atom. The van der Waals surface area contributed by atoms with Gasteiger partial charge in [-0.05, 0) is 24.5 Å². The van der Waals surface area contributed by atoms with Crippen LogP contribution in [0, 0.1) is 0 Å². The van der Waals surface area contributed by atoms with Crippen molar-refractivity contribution in [3.05, 3.63) is 41.6 Å². The third-order valence-electron chi connectivity index (χ3n) is 3.51. The number of unbranched alkanes of at least 4 members (excludes halogenated alkanes) is 1. The van der Waals surface area contributed by atoms with Crippen molar-refractivity contribution >= 4 is 17.7 Å². The first-order valence-electron chi connectivity index (χ1n) is 7.00. The molecule has 0 bridgehead atoms. The van der Waals surface area contributed by atoms with E-state index in [0.29, 0.717) is 24.6 Å². The van der Waals surface area contributed by atoms with Crippen LogP contribution in [0.25, 0.3) is 0 Å². The van der Waals surface area contributed by atoms with E-state index in [2.05, 4.69) is 22.3 Å². The molecule has 1 unspecified atom stereocenters. The molecule has 21 heavy (non-hydrogen) atoms. The van der Waals surface area contributed by atoms with Crippen molar-refractivity contribution in [2.24, 2.45) is 0 Å². The molecule has 1 aromatic carbocycles. The molecule has 0 fully saturated rings. The van der Waals surface area contributed by atoms with Crippen molar-refractivity contribution in [3.8, 4) is 0 Å². The van der Waals surface area contributed by atoms with Crippen molar-refractivity contribution in [2.45, 2.75) is 36.5 Å². The molecular weight excluding hydrogens is 288 g/mol. The fraction of sp³-hybridized carbons (Fsp3) is 0.400. The third kappa shape index (κ3) is 3.26. The summed E-state index contributed by atoms with van der Waals surface area (Å²) in [5.74, 6) is 1.61. The van der Waals surface area contributed by atoms with Crippen LogP contribution in [0.2, 0.25) is 0 Å². The average molecular weight is 304 g/mol. The van der Waals surface area contributed by atoms with Crippen LogP contribution in [0.4, 0.5) is 0 Å². The highest BCUT2D eigenvalue weighted by Crippen LogP contribution is 2.42. The van der Waals surface area contributed by atoms with E-state index >= 15 is 0 Å². The Balaban J connectivity index is 1.62. The Bertz CT molecular complexity index is 641. The van der Waals surface area contributed by atoms with E-state index in [1.165, 1.54) is 10.5 Å². The average Bonchev–Trinajstić information content (AvgIpc) is 3.09. The molecule has 1 N–H and O–H groups in total. The van der Waals surface area contributed by atoms with E-state index in [1.807, 2.05) is 23.9 Å². The summed E-state index contributed by atoms with van der Waals surface area (Å²) in [5.41, 5.74) is 1.25. The summed E-state index contributed by atoms with van der Waals surface area (Å²) in [6, 6.07) is 8.29. The van der Waals surface area contributed by atoms with Gasteiger partial charge in [0.15, 0.2) is 0 Å². The van der Waals surface area contributed by atoms with Crippen molar-refractivity contribution < 1.29 is 14.3 Å². The van der Waals surface area contributed by atoms with Gasteiger partial charge in [-0.1, -0.05) is 18.2 Å². The smallest absolute Gasteiger partial charge is 0.303 e. The van der Waals surface area contributed by atoms with Gasteiger partial charge in [0, 0.05) is 23.5 Å². The Kier molecular flexibility index (Phi) is 4.24. The Morgan fingerprint density at radius 1 is 1.33 bits per heavy atom. The molecule has 0 saturated heterocycles. The molecule has 110 valence electrons.